The summed E-state index contributed by atoms with van der Waals surface area (Å²) in [5.41, 5.74) is 1.19. The molecule has 1 aliphatic heterocycles. The molecule has 0 spiro atoms. The van der Waals surface area contributed by atoms with Gasteiger partial charge in [0.1, 0.15) is 5.75 Å². The first-order valence-corrected chi connectivity index (χ1v) is 15.1. The molecule has 0 aromatic heterocycles. The van der Waals surface area contributed by atoms with Gasteiger partial charge in [-0.3, -0.25) is 10.1 Å². The minimum atomic E-state index is -0.0989. The van der Waals surface area contributed by atoms with E-state index in [2.05, 4.69) is 29.7 Å². The molecule has 1 unspecified atom stereocenters. The Bertz CT molecular complexity index is 644. The number of amides is 1. The molecule has 1 saturated heterocycles. The van der Waals surface area contributed by atoms with Crippen LogP contribution in [0.2, 0.25) is 0 Å². The molecule has 1 heterocycles. The van der Waals surface area contributed by atoms with E-state index in [1.54, 1.807) is 18.9 Å². The van der Waals surface area contributed by atoms with E-state index in [-0.39, 0.29) is 29.7 Å². The van der Waals surface area contributed by atoms with Gasteiger partial charge in [-0.2, -0.15) is 0 Å². The third-order valence-electron chi connectivity index (χ3n) is 6.85. The molecule has 6 heteroatoms. The lowest BCUT2D eigenvalue weighted by molar-refractivity contribution is -0.122. The third kappa shape index (κ3) is 14.4. The smallest absolute Gasteiger partial charge is 0.238 e. The second-order valence-corrected chi connectivity index (χ2v) is 10.9. The van der Waals surface area contributed by atoms with E-state index >= 15 is 0 Å². The first-order chi connectivity index (χ1) is 16.7. The number of hydrogen-bond donors (Lipinski definition) is 2. The molecular weight excluding hydrogens is 476 g/mol. The molecule has 1 aliphatic rings. The van der Waals surface area contributed by atoms with Crippen molar-refractivity contribution in [2.45, 2.75) is 121 Å². The maximum Gasteiger partial charge on any atom is 0.238 e. The molecular formula is C29H51ClN2O2S. The maximum atomic E-state index is 12.5. The van der Waals surface area contributed by atoms with Gasteiger partial charge in [-0.25, -0.2) is 0 Å². The molecule has 2 rings (SSSR count). The van der Waals surface area contributed by atoms with Gasteiger partial charge in [0.2, 0.25) is 5.91 Å². The van der Waals surface area contributed by atoms with E-state index in [0.717, 1.165) is 24.5 Å². The van der Waals surface area contributed by atoms with E-state index in [1.807, 2.05) is 12.1 Å². The number of ether oxygens (including phenoxy) is 1. The van der Waals surface area contributed by atoms with Crippen molar-refractivity contribution in [1.29, 1.82) is 0 Å². The second-order valence-electron chi connectivity index (χ2n) is 9.80. The van der Waals surface area contributed by atoms with Gasteiger partial charge in [0.15, 0.2) is 0 Å². The first kappa shape index (κ1) is 32.1. The van der Waals surface area contributed by atoms with Crippen LogP contribution in [0.1, 0.15) is 121 Å². The molecule has 0 radical (unpaired) electrons. The van der Waals surface area contributed by atoms with Crippen LogP contribution in [0.15, 0.2) is 24.3 Å². The number of thioether (sulfide) groups is 1. The Morgan fingerprint density at radius 3 is 1.83 bits per heavy atom. The molecule has 2 N–H and O–H groups in total. The zero-order chi connectivity index (χ0) is 24.3. The predicted octanol–water partition coefficient (Wildman–Crippen LogP) is 8.20. The van der Waals surface area contributed by atoms with Crippen LogP contribution in [0.5, 0.6) is 5.75 Å². The summed E-state index contributed by atoms with van der Waals surface area (Å²) in [6.07, 6.45) is 22.0. The topological polar surface area (TPSA) is 50.4 Å². The number of methoxy groups -OCH3 is 1. The van der Waals surface area contributed by atoms with Gasteiger partial charge in [0, 0.05) is 12.3 Å². The quantitative estimate of drug-likeness (QED) is 0.168. The Morgan fingerprint density at radius 1 is 0.857 bits per heavy atom. The minimum Gasteiger partial charge on any atom is -0.497 e. The standard InChI is InChI=1S/C29H50N2O2S.ClH/c1-3-4-5-6-7-8-9-10-11-12-13-14-15-16-17-18-23-30-28(32)27-24-34-29(31-27)25-19-21-26(33-2)22-20-25;/h19-22,27,29,31H,3-18,23-24H2,1-2H3,(H,30,32);1H/t27-,29?;/m1./s1. The summed E-state index contributed by atoms with van der Waals surface area (Å²) in [5, 5.41) is 6.77. The second kappa shape index (κ2) is 21.2. The molecule has 1 aromatic rings. The van der Waals surface area contributed by atoms with Gasteiger partial charge in [-0.05, 0) is 24.1 Å². The van der Waals surface area contributed by atoms with E-state index in [4.69, 9.17) is 4.74 Å². The number of unbranched alkanes of at least 4 members (excludes halogenated alkanes) is 15. The van der Waals surface area contributed by atoms with Crippen molar-refractivity contribution in [2.75, 3.05) is 19.4 Å². The molecule has 2 atom stereocenters. The number of carbonyl (C=O) groups excluding carboxylic acids is 1. The average Bonchev–Trinajstić information content (AvgIpc) is 3.36. The fourth-order valence-electron chi connectivity index (χ4n) is 4.60. The van der Waals surface area contributed by atoms with Gasteiger partial charge in [-0.15, -0.1) is 24.2 Å². The molecule has 0 saturated carbocycles. The van der Waals surface area contributed by atoms with Crippen molar-refractivity contribution < 1.29 is 9.53 Å². The van der Waals surface area contributed by atoms with Crippen LogP contribution in [0.25, 0.3) is 0 Å². The maximum absolute atomic E-state index is 12.5. The Morgan fingerprint density at radius 2 is 1.34 bits per heavy atom. The third-order valence-corrected chi connectivity index (χ3v) is 8.11. The molecule has 0 aliphatic carbocycles. The Balaban J connectivity index is 0.00000612. The fourth-order valence-corrected chi connectivity index (χ4v) is 5.84. The normalized spacial score (nSPS) is 17.2. The SMILES string of the molecule is CCCCCCCCCCCCCCCCCCNC(=O)[C@H]1CSC(c2ccc(OC)cc2)N1.Cl. The van der Waals surface area contributed by atoms with Crippen LogP contribution in [0.3, 0.4) is 0 Å². The van der Waals surface area contributed by atoms with Crippen LogP contribution < -0.4 is 15.4 Å². The fraction of sp³-hybridized carbons (Fsp3) is 0.759. The summed E-state index contributed by atoms with van der Waals surface area (Å²) in [5.74, 6) is 1.82. The number of hydrogen-bond acceptors (Lipinski definition) is 4. The zero-order valence-electron chi connectivity index (χ0n) is 22.3. The number of benzene rings is 1. The Hall–Kier alpha value is -0.910. The molecule has 1 aromatic carbocycles. The Kier molecular flexibility index (Phi) is 19.5. The largest absolute Gasteiger partial charge is 0.497 e. The number of halogens is 1. The van der Waals surface area contributed by atoms with Gasteiger partial charge in [-0.1, -0.05) is 115 Å². The number of rotatable bonds is 20. The van der Waals surface area contributed by atoms with Crippen molar-refractivity contribution in [1.82, 2.24) is 10.6 Å². The molecule has 1 fully saturated rings. The summed E-state index contributed by atoms with van der Waals surface area (Å²) in [6, 6.07) is 7.99. The lowest BCUT2D eigenvalue weighted by Crippen LogP contribution is -2.42. The van der Waals surface area contributed by atoms with Gasteiger partial charge in [0.25, 0.3) is 0 Å². The molecule has 1 amide bonds. The van der Waals surface area contributed by atoms with Crippen molar-refractivity contribution in [2.24, 2.45) is 0 Å². The number of carbonyl (C=O) groups is 1. The molecule has 35 heavy (non-hydrogen) atoms. The van der Waals surface area contributed by atoms with Crippen molar-refractivity contribution in [3.63, 3.8) is 0 Å². The summed E-state index contributed by atoms with van der Waals surface area (Å²) in [6.45, 7) is 3.08. The highest BCUT2D eigenvalue weighted by atomic mass is 35.5. The highest BCUT2D eigenvalue weighted by molar-refractivity contribution is 7.99. The Labute approximate surface area is 225 Å². The average molecular weight is 527 g/mol. The first-order valence-electron chi connectivity index (χ1n) is 14.0. The highest BCUT2D eigenvalue weighted by Gasteiger charge is 2.30. The van der Waals surface area contributed by atoms with Gasteiger partial charge >= 0.3 is 0 Å². The summed E-state index contributed by atoms with van der Waals surface area (Å²) >= 11 is 1.80. The van der Waals surface area contributed by atoms with Crippen LogP contribution >= 0.6 is 24.2 Å². The van der Waals surface area contributed by atoms with Gasteiger partial charge < -0.3 is 10.1 Å². The van der Waals surface area contributed by atoms with Crippen molar-refractivity contribution in [3.8, 4) is 5.75 Å². The summed E-state index contributed by atoms with van der Waals surface area (Å²) in [4.78, 5) is 12.5. The van der Waals surface area contributed by atoms with Gasteiger partial charge in [0.05, 0.1) is 18.5 Å². The summed E-state index contributed by atoms with van der Waals surface area (Å²) in [7, 11) is 1.68. The van der Waals surface area contributed by atoms with E-state index in [0.29, 0.717) is 0 Å². The minimum absolute atomic E-state index is 0. The molecule has 0 bridgehead atoms. The van der Waals surface area contributed by atoms with Crippen LogP contribution in [0.4, 0.5) is 0 Å². The van der Waals surface area contributed by atoms with Crippen molar-refractivity contribution >= 4 is 30.1 Å². The monoisotopic (exact) mass is 526 g/mol. The molecule has 202 valence electrons. The van der Waals surface area contributed by atoms with E-state index in [9.17, 15) is 4.79 Å². The van der Waals surface area contributed by atoms with E-state index in [1.165, 1.54) is 102 Å². The highest BCUT2D eigenvalue weighted by Crippen LogP contribution is 2.33. The van der Waals surface area contributed by atoms with Crippen molar-refractivity contribution in [3.05, 3.63) is 29.8 Å². The lowest BCUT2D eigenvalue weighted by Gasteiger charge is -2.14. The summed E-state index contributed by atoms with van der Waals surface area (Å²) < 4.78 is 5.22. The van der Waals surface area contributed by atoms with Crippen LogP contribution in [-0.2, 0) is 4.79 Å². The number of nitrogens with one attached hydrogen (secondary N) is 2. The van der Waals surface area contributed by atoms with Crippen LogP contribution in [-0.4, -0.2) is 31.4 Å². The van der Waals surface area contributed by atoms with E-state index < -0.39 is 0 Å². The predicted molar refractivity (Wildman–Crippen MR) is 155 cm³/mol. The molecule has 4 nitrogen and oxygen atoms in total. The lowest BCUT2D eigenvalue weighted by atomic mass is 10.0. The van der Waals surface area contributed by atoms with Crippen LogP contribution in [0, 0.1) is 0 Å². The zero-order valence-corrected chi connectivity index (χ0v) is 24.0.